The van der Waals surface area contributed by atoms with Crippen LogP contribution in [0.4, 0.5) is 0 Å². The second-order valence-corrected chi connectivity index (χ2v) is 4.84. The van der Waals surface area contributed by atoms with E-state index in [-0.39, 0.29) is 6.61 Å². The van der Waals surface area contributed by atoms with E-state index in [0.29, 0.717) is 12.4 Å². The van der Waals surface area contributed by atoms with Gasteiger partial charge in [-0.05, 0) is 11.6 Å². The fourth-order valence-electron chi connectivity index (χ4n) is 2.04. The number of aliphatic hydroxyl groups excluding tert-OH is 1. The Kier molecular flexibility index (Phi) is 4.99. The molecule has 1 rings (SSSR count). The fraction of sp³-hybridized carbons (Fsp3) is 0.571. The minimum absolute atomic E-state index is 0.0341. The zero-order valence-corrected chi connectivity index (χ0v) is 11.7. The van der Waals surface area contributed by atoms with Crippen LogP contribution in [0.3, 0.4) is 0 Å². The van der Waals surface area contributed by atoms with Crippen molar-refractivity contribution >= 4 is 0 Å². The maximum Gasteiger partial charge on any atom is 0.126 e. The molecule has 0 aromatic heterocycles. The lowest BCUT2D eigenvalue weighted by molar-refractivity contribution is 0.176. The number of ether oxygens (including phenoxy) is 3. The molecule has 4 heteroatoms. The molecule has 0 saturated carbocycles. The van der Waals surface area contributed by atoms with Crippen LogP contribution >= 0.6 is 0 Å². The van der Waals surface area contributed by atoms with Gasteiger partial charge in [0.05, 0.1) is 27.4 Å². The Morgan fingerprint density at radius 3 is 2.22 bits per heavy atom. The van der Waals surface area contributed by atoms with E-state index in [1.54, 1.807) is 21.3 Å². The van der Waals surface area contributed by atoms with Crippen LogP contribution in [-0.4, -0.2) is 33.0 Å². The first-order valence-electron chi connectivity index (χ1n) is 5.85. The summed E-state index contributed by atoms with van der Waals surface area (Å²) in [5.74, 6) is 1.43. The third kappa shape index (κ3) is 2.94. The van der Waals surface area contributed by atoms with Gasteiger partial charge in [0, 0.05) is 24.2 Å². The molecule has 0 fully saturated rings. The molecule has 0 spiro atoms. The van der Waals surface area contributed by atoms with Gasteiger partial charge in [-0.3, -0.25) is 0 Å². The lowest BCUT2D eigenvalue weighted by Gasteiger charge is -2.28. The first kappa shape index (κ1) is 14.8. The molecule has 102 valence electrons. The summed E-state index contributed by atoms with van der Waals surface area (Å²) in [6.07, 6.45) is 0. The van der Waals surface area contributed by atoms with Gasteiger partial charge >= 0.3 is 0 Å². The molecule has 0 aliphatic carbocycles. The zero-order chi connectivity index (χ0) is 13.8. The highest BCUT2D eigenvalue weighted by Crippen LogP contribution is 2.37. The van der Waals surface area contributed by atoms with E-state index < -0.39 is 5.41 Å². The summed E-state index contributed by atoms with van der Waals surface area (Å²) in [4.78, 5) is 0. The van der Waals surface area contributed by atoms with Crippen molar-refractivity contribution in [3.63, 3.8) is 0 Å². The summed E-state index contributed by atoms with van der Waals surface area (Å²) in [5.41, 5.74) is 1.52. The normalized spacial score (nSPS) is 11.4. The van der Waals surface area contributed by atoms with E-state index in [0.717, 1.165) is 16.9 Å². The van der Waals surface area contributed by atoms with Crippen LogP contribution in [0.25, 0.3) is 0 Å². The molecule has 18 heavy (non-hydrogen) atoms. The standard InChI is InChI=1S/C14H22O4/c1-14(2,9-15)13-10(8-16-3)6-11(17-4)7-12(13)18-5/h6-7,15H,8-9H2,1-5H3. The van der Waals surface area contributed by atoms with Crippen LogP contribution in [0, 0.1) is 0 Å². The SMILES string of the molecule is COCc1cc(OC)cc(OC)c1C(C)(C)CO. The minimum Gasteiger partial charge on any atom is -0.497 e. The fourth-order valence-corrected chi connectivity index (χ4v) is 2.04. The van der Waals surface area contributed by atoms with Gasteiger partial charge < -0.3 is 19.3 Å². The summed E-state index contributed by atoms with van der Waals surface area (Å²) in [6, 6.07) is 3.74. The topological polar surface area (TPSA) is 47.9 Å². The van der Waals surface area contributed by atoms with Crippen LogP contribution in [0.2, 0.25) is 0 Å². The molecular weight excluding hydrogens is 232 g/mol. The average molecular weight is 254 g/mol. The molecular formula is C14H22O4. The largest absolute Gasteiger partial charge is 0.497 e. The van der Waals surface area contributed by atoms with Crippen LogP contribution in [0.1, 0.15) is 25.0 Å². The second-order valence-electron chi connectivity index (χ2n) is 4.84. The Hall–Kier alpha value is -1.26. The number of hydrogen-bond acceptors (Lipinski definition) is 4. The predicted octanol–water partition coefficient (Wildman–Crippen LogP) is 2.12. The molecule has 0 aliphatic heterocycles. The lowest BCUT2D eigenvalue weighted by Crippen LogP contribution is -2.25. The second kappa shape index (κ2) is 6.07. The molecule has 0 radical (unpaired) electrons. The third-order valence-electron chi connectivity index (χ3n) is 2.98. The molecule has 0 saturated heterocycles. The number of hydrogen-bond donors (Lipinski definition) is 1. The van der Waals surface area contributed by atoms with Gasteiger partial charge in [0.2, 0.25) is 0 Å². The predicted molar refractivity (Wildman–Crippen MR) is 70.4 cm³/mol. The molecule has 0 aliphatic rings. The van der Waals surface area contributed by atoms with Gasteiger partial charge in [-0.2, -0.15) is 0 Å². The van der Waals surface area contributed by atoms with Gasteiger partial charge in [-0.25, -0.2) is 0 Å². The first-order chi connectivity index (χ1) is 8.50. The van der Waals surface area contributed by atoms with Crippen molar-refractivity contribution in [3.05, 3.63) is 23.3 Å². The molecule has 0 amide bonds. The Morgan fingerprint density at radius 2 is 1.78 bits per heavy atom. The lowest BCUT2D eigenvalue weighted by atomic mass is 9.81. The summed E-state index contributed by atoms with van der Waals surface area (Å²) >= 11 is 0. The minimum atomic E-state index is -0.397. The molecule has 0 atom stereocenters. The number of rotatable bonds is 6. The molecule has 0 unspecified atom stereocenters. The summed E-state index contributed by atoms with van der Waals surface area (Å²) in [5, 5.41) is 9.56. The van der Waals surface area contributed by atoms with Gasteiger partial charge in [0.1, 0.15) is 11.5 Å². The van der Waals surface area contributed by atoms with Gasteiger partial charge in [-0.15, -0.1) is 0 Å². The van der Waals surface area contributed by atoms with Crippen LogP contribution in [0.15, 0.2) is 12.1 Å². The van der Waals surface area contributed by atoms with Crippen molar-refractivity contribution in [2.45, 2.75) is 25.9 Å². The number of benzene rings is 1. The third-order valence-corrected chi connectivity index (χ3v) is 2.98. The Balaban J connectivity index is 3.43. The smallest absolute Gasteiger partial charge is 0.126 e. The van der Waals surface area contributed by atoms with Crippen molar-refractivity contribution < 1.29 is 19.3 Å². The number of methoxy groups -OCH3 is 3. The Bertz CT molecular complexity index is 399. The molecule has 1 aromatic carbocycles. The van der Waals surface area contributed by atoms with Crippen molar-refractivity contribution in [2.24, 2.45) is 0 Å². The van der Waals surface area contributed by atoms with E-state index in [9.17, 15) is 5.11 Å². The molecule has 0 heterocycles. The van der Waals surface area contributed by atoms with E-state index in [4.69, 9.17) is 14.2 Å². The van der Waals surface area contributed by atoms with Crippen LogP contribution in [-0.2, 0) is 16.8 Å². The summed E-state index contributed by atoms with van der Waals surface area (Å²) in [6.45, 7) is 4.42. The van der Waals surface area contributed by atoms with Gasteiger partial charge in [0.15, 0.2) is 0 Å². The van der Waals surface area contributed by atoms with E-state index in [1.807, 2.05) is 26.0 Å². The first-order valence-corrected chi connectivity index (χ1v) is 5.85. The van der Waals surface area contributed by atoms with Gasteiger partial charge in [0.25, 0.3) is 0 Å². The van der Waals surface area contributed by atoms with Crippen molar-refractivity contribution in [1.29, 1.82) is 0 Å². The maximum atomic E-state index is 9.56. The van der Waals surface area contributed by atoms with Crippen LogP contribution in [0.5, 0.6) is 11.5 Å². The molecule has 1 aromatic rings. The monoisotopic (exact) mass is 254 g/mol. The maximum absolute atomic E-state index is 9.56. The molecule has 4 nitrogen and oxygen atoms in total. The quantitative estimate of drug-likeness (QED) is 0.844. The Labute approximate surface area is 108 Å². The molecule has 1 N–H and O–H groups in total. The zero-order valence-electron chi connectivity index (χ0n) is 11.7. The van der Waals surface area contributed by atoms with Crippen molar-refractivity contribution in [3.8, 4) is 11.5 Å². The average Bonchev–Trinajstić information content (AvgIpc) is 2.37. The van der Waals surface area contributed by atoms with Crippen molar-refractivity contribution in [1.82, 2.24) is 0 Å². The highest BCUT2D eigenvalue weighted by molar-refractivity contribution is 5.50. The summed E-state index contributed by atoms with van der Waals surface area (Å²) in [7, 11) is 4.87. The van der Waals surface area contributed by atoms with E-state index in [1.165, 1.54) is 0 Å². The van der Waals surface area contributed by atoms with Gasteiger partial charge in [-0.1, -0.05) is 13.8 Å². The van der Waals surface area contributed by atoms with E-state index >= 15 is 0 Å². The van der Waals surface area contributed by atoms with E-state index in [2.05, 4.69) is 0 Å². The highest BCUT2D eigenvalue weighted by Gasteiger charge is 2.27. The summed E-state index contributed by atoms with van der Waals surface area (Å²) < 4.78 is 15.9. The molecule has 0 bridgehead atoms. The Morgan fingerprint density at radius 1 is 1.11 bits per heavy atom. The highest BCUT2D eigenvalue weighted by atomic mass is 16.5. The van der Waals surface area contributed by atoms with Crippen molar-refractivity contribution in [2.75, 3.05) is 27.9 Å². The number of aliphatic hydroxyl groups is 1. The van der Waals surface area contributed by atoms with Crippen LogP contribution < -0.4 is 9.47 Å².